The summed E-state index contributed by atoms with van der Waals surface area (Å²) in [4.78, 5) is 0. The summed E-state index contributed by atoms with van der Waals surface area (Å²) in [6.07, 6.45) is 0. The van der Waals surface area contributed by atoms with Crippen molar-refractivity contribution in [2.24, 2.45) is 0 Å². The number of hydrogen-bond acceptors (Lipinski definition) is 3. The van der Waals surface area contributed by atoms with E-state index in [2.05, 4.69) is 9.82 Å². The van der Waals surface area contributed by atoms with Crippen LogP contribution in [0.3, 0.4) is 0 Å². The van der Waals surface area contributed by atoms with Crippen molar-refractivity contribution in [1.29, 1.82) is 0 Å². The van der Waals surface area contributed by atoms with Gasteiger partial charge in [-0.15, -0.1) is 0 Å². The molecule has 0 bridgehead atoms. The number of hydrogen-bond donors (Lipinski definition) is 1. The summed E-state index contributed by atoms with van der Waals surface area (Å²) in [5, 5.41) is 4.31. The van der Waals surface area contributed by atoms with E-state index in [-0.39, 0.29) is 5.75 Å². The third kappa shape index (κ3) is 4.68. The van der Waals surface area contributed by atoms with Gasteiger partial charge in [-0.2, -0.15) is 5.10 Å². The second kappa shape index (κ2) is 6.41. The summed E-state index contributed by atoms with van der Waals surface area (Å²) in [5.74, 6) is 0.00575. The predicted molar refractivity (Wildman–Crippen MR) is 83.5 cm³/mol. The number of nitrogens with zero attached hydrogens (tertiary/aromatic N) is 2. The third-order valence-corrected chi connectivity index (χ3v) is 4.55. The number of rotatable bonds is 6. The summed E-state index contributed by atoms with van der Waals surface area (Å²) < 4.78 is 28.5. The van der Waals surface area contributed by atoms with Crippen LogP contribution in [0.2, 0.25) is 0 Å². The van der Waals surface area contributed by atoms with Gasteiger partial charge in [-0.25, -0.2) is 13.1 Å². The number of aryl methyl sites for hydroxylation is 3. The molecule has 2 aromatic rings. The number of benzene rings is 1. The molecule has 21 heavy (non-hydrogen) atoms. The van der Waals surface area contributed by atoms with Crippen LogP contribution in [0.1, 0.15) is 22.5 Å². The average Bonchev–Trinajstić information content (AvgIpc) is 2.67. The lowest BCUT2D eigenvalue weighted by Crippen LogP contribution is -2.29. The molecule has 1 N–H and O–H groups in total. The van der Waals surface area contributed by atoms with Crippen LogP contribution in [0.4, 0.5) is 0 Å². The van der Waals surface area contributed by atoms with Crippen molar-refractivity contribution >= 4 is 10.0 Å². The van der Waals surface area contributed by atoms with E-state index in [1.54, 1.807) is 0 Å². The van der Waals surface area contributed by atoms with Gasteiger partial charge in [0.05, 0.1) is 18.0 Å². The fraction of sp³-hybridized carbons (Fsp3) is 0.400. The SMILES string of the molecule is Cc1cccc(CS(=O)(=O)NCCn2nc(C)cc2C)c1. The maximum Gasteiger partial charge on any atom is 0.215 e. The lowest BCUT2D eigenvalue weighted by Gasteiger charge is -2.08. The molecule has 0 aliphatic heterocycles. The molecule has 0 saturated heterocycles. The molecule has 0 fully saturated rings. The van der Waals surface area contributed by atoms with E-state index in [1.807, 2.05) is 55.8 Å². The lowest BCUT2D eigenvalue weighted by molar-refractivity contribution is 0.554. The van der Waals surface area contributed by atoms with Crippen molar-refractivity contribution in [3.63, 3.8) is 0 Å². The Kier molecular flexibility index (Phi) is 4.80. The van der Waals surface area contributed by atoms with Gasteiger partial charge in [-0.05, 0) is 32.4 Å². The largest absolute Gasteiger partial charge is 0.268 e. The monoisotopic (exact) mass is 307 g/mol. The molecule has 0 aliphatic rings. The van der Waals surface area contributed by atoms with Gasteiger partial charge in [0.15, 0.2) is 0 Å². The number of aromatic nitrogens is 2. The summed E-state index contributed by atoms with van der Waals surface area (Å²) in [6.45, 7) is 6.71. The fourth-order valence-corrected chi connectivity index (χ4v) is 3.40. The van der Waals surface area contributed by atoms with Crippen LogP contribution in [0.5, 0.6) is 0 Å². The zero-order valence-electron chi connectivity index (χ0n) is 12.6. The summed E-state index contributed by atoms with van der Waals surface area (Å²) in [7, 11) is -3.32. The summed E-state index contributed by atoms with van der Waals surface area (Å²) in [6, 6.07) is 9.51. The van der Waals surface area contributed by atoms with E-state index < -0.39 is 10.0 Å². The smallest absolute Gasteiger partial charge is 0.215 e. The molecule has 114 valence electrons. The first-order chi connectivity index (χ1) is 9.85. The van der Waals surface area contributed by atoms with E-state index in [9.17, 15) is 8.42 Å². The molecule has 0 saturated carbocycles. The third-order valence-electron chi connectivity index (χ3n) is 3.19. The maximum atomic E-state index is 12.1. The van der Waals surface area contributed by atoms with Crippen LogP contribution in [0.15, 0.2) is 30.3 Å². The van der Waals surface area contributed by atoms with Crippen molar-refractivity contribution in [2.75, 3.05) is 6.54 Å². The Hall–Kier alpha value is -1.66. The number of nitrogens with one attached hydrogen (secondary N) is 1. The second-order valence-corrected chi connectivity index (χ2v) is 7.10. The van der Waals surface area contributed by atoms with Crippen molar-refractivity contribution in [2.45, 2.75) is 33.1 Å². The Labute approximate surface area is 126 Å². The minimum atomic E-state index is -3.32. The highest BCUT2D eigenvalue weighted by Gasteiger charge is 2.11. The van der Waals surface area contributed by atoms with Gasteiger partial charge in [0.2, 0.25) is 10.0 Å². The van der Waals surface area contributed by atoms with Gasteiger partial charge in [-0.3, -0.25) is 4.68 Å². The summed E-state index contributed by atoms with van der Waals surface area (Å²) in [5.41, 5.74) is 3.83. The highest BCUT2D eigenvalue weighted by Crippen LogP contribution is 2.07. The fourth-order valence-electron chi connectivity index (χ4n) is 2.28. The van der Waals surface area contributed by atoms with Gasteiger partial charge in [0.1, 0.15) is 0 Å². The van der Waals surface area contributed by atoms with Gasteiger partial charge in [-0.1, -0.05) is 29.8 Å². The second-order valence-electron chi connectivity index (χ2n) is 5.29. The quantitative estimate of drug-likeness (QED) is 0.887. The van der Waals surface area contributed by atoms with E-state index in [4.69, 9.17) is 0 Å². The molecule has 0 aliphatic carbocycles. The summed E-state index contributed by atoms with van der Waals surface area (Å²) >= 11 is 0. The van der Waals surface area contributed by atoms with Gasteiger partial charge < -0.3 is 0 Å². The van der Waals surface area contributed by atoms with Crippen LogP contribution in [0.25, 0.3) is 0 Å². The van der Waals surface area contributed by atoms with E-state index in [0.29, 0.717) is 13.1 Å². The van der Waals surface area contributed by atoms with Crippen LogP contribution in [-0.2, 0) is 22.3 Å². The highest BCUT2D eigenvalue weighted by atomic mass is 32.2. The molecule has 0 amide bonds. The van der Waals surface area contributed by atoms with Crippen LogP contribution in [0, 0.1) is 20.8 Å². The number of sulfonamides is 1. The molecule has 1 aromatic carbocycles. The van der Waals surface area contributed by atoms with Crippen molar-refractivity contribution in [3.05, 3.63) is 52.8 Å². The molecule has 0 spiro atoms. The Bertz CT molecular complexity index is 720. The highest BCUT2D eigenvalue weighted by molar-refractivity contribution is 7.88. The maximum absolute atomic E-state index is 12.1. The van der Waals surface area contributed by atoms with Crippen LogP contribution in [-0.4, -0.2) is 24.7 Å². The molecule has 6 heteroatoms. The van der Waals surface area contributed by atoms with Crippen LogP contribution < -0.4 is 4.72 Å². The van der Waals surface area contributed by atoms with E-state index in [0.717, 1.165) is 22.5 Å². The molecule has 0 radical (unpaired) electrons. The minimum absolute atomic E-state index is 0.00575. The Morgan fingerprint density at radius 1 is 1.19 bits per heavy atom. The van der Waals surface area contributed by atoms with Gasteiger partial charge >= 0.3 is 0 Å². The molecule has 1 aromatic heterocycles. The van der Waals surface area contributed by atoms with Crippen molar-refractivity contribution in [3.8, 4) is 0 Å². The Morgan fingerprint density at radius 2 is 1.95 bits per heavy atom. The molecule has 5 nitrogen and oxygen atoms in total. The Morgan fingerprint density at radius 3 is 2.57 bits per heavy atom. The average molecular weight is 307 g/mol. The van der Waals surface area contributed by atoms with E-state index >= 15 is 0 Å². The standard InChI is InChI=1S/C15H21N3O2S/c1-12-5-4-6-15(9-12)11-21(19,20)16-7-8-18-14(3)10-13(2)17-18/h4-6,9-10,16H,7-8,11H2,1-3H3. The van der Waals surface area contributed by atoms with Crippen molar-refractivity contribution < 1.29 is 8.42 Å². The molecular formula is C15H21N3O2S. The zero-order chi connectivity index (χ0) is 15.5. The molecule has 0 atom stereocenters. The first kappa shape index (κ1) is 15.7. The van der Waals surface area contributed by atoms with Gasteiger partial charge in [0, 0.05) is 12.2 Å². The predicted octanol–water partition coefficient (Wildman–Crippen LogP) is 1.93. The molecular weight excluding hydrogens is 286 g/mol. The first-order valence-electron chi connectivity index (χ1n) is 6.90. The Balaban J connectivity index is 1.91. The van der Waals surface area contributed by atoms with Crippen molar-refractivity contribution in [1.82, 2.24) is 14.5 Å². The van der Waals surface area contributed by atoms with Crippen LogP contribution >= 0.6 is 0 Å². The first-order valence-corrected chi connectivity index (χ1v) is 8.55. The topological polar surface area (TPSA) is 64.0 Å². The lowest BCUT2D eigenvalue weighted by atomic mass is 10.2. The minimum Gasteiger partial charge on any atom is -0.268 e. The van der Waals surface area contributed by atoms with E-state index in [1.165, 1.54) is 0 Å². The zero-order valence-corrected chi connectivity index (χ0v) is 13.4. The molecule has 0 unspecified atom stereocenters. The normalized spacial score (nSPS) is 11.8. The molecule has 1 heterocycles. The van der Waals surface area contributed by atoms with Gasteiger partial charge in [0.25, 0.3) is 0 Å². The molecule has 2 rings (SSSR count).